The van der Waals surface area contributed by atoms with Gasteiger partial charge in [0.2, 0.25) is 5.91 Å². The number of aryl methyl sites for hydroxylation is 1. The third kappa shape index (κ3) is 4.36. The number of carbonyl (C=O) groups excluding carboxylic acids is 2. The molecule has 6 fully saturated rings. The number of aliphatic hydroxyl groups excluding tert-OH is 1. The summed E-state index contributed by atoms with van der Waals surface area (Å²) in [6, 6.07) is 6.08. The van der Waals surface area contributed by atoms with E-state index >= 15 is 0 Å². The van der Waals surface area contributed by atoms with Gasteiger partial charge in [-0.15, -0.1) is 0 Å². The standard InChI is InChI=1S/C28H39ClN4O3/c1-18-4-5-22(29)13-24(18)31-7-9-32(10-8-31)27(36)33-6-2-3-23(17-33)30-26(35)28-14-19-11-20(15-28)25(34)21(12-19)16-28/h4-5,13,19-21,23,25,34H,2-3,6-12,14-17H2,1H3,(H,30,35)/t19?,20?,21?,23-,25?,28?/m0/s1. The normalized spacial score (nSPS) is 35.8. The minimum Gasteiger partial charge on any atom is -0.393 e. The molecule has 3 atom stereocenters. The predicted octanol–water partition coefficient (Wildman–Crippen LogP) is 3.66. The van der Waals surface area contributed by atoms with E-state index in [1.54, 1.807) is 0 Å². The summed E-state index contributed by atoms with van der Waals surface area (Å²) in [4.78, 5) is 33.1. The minimum absolute atomic E-state index is 0.0172. The molecule has 1 aromatic rings. The van der Waals surface area contributed by atoms with Gasteiger partial charge in [-0.1, -0.05) is 17.7 Å². The van der Waals surface area contributed by atoms with E-state index in [1.807, 2.05) is 28.0 Å². The van der Waals surface area contributed by atoms with Crippen LogP contribution < -0.4 is 10.2 Å². The van der Waals surface area contributed by atoms with Crippen LogP contribution in [0.2, 0.25) is 5.02 Å². The highest BCUT2D eigenvalue weighted by Crippen LogP contribution is 2.60. The number of hydrogen-bond donors (Lipinski definition) is 2. The second kappa shape index (κ2) is 9.39. The van der Waals surface area contributed by atoms with Gasteiger partial charge in [-0.2, -0.15) is 0 Å². The number of piperidine rings is 1. The lowest BCUT2D eigenvalue weighted by molar-refractivity contribution is -0.163. The van der Waals surface area contributed by atoms with E-state index in [9.17, 15) is 14.7 Å². The van der Waals surface area contributed by atoms with Crippen molar-refractivity contribution in [2.75, 3.05) is 44.2 Å². The van der Waals surface area contributed by atoms with Crippen molar-refractivity contribution in [3.05, 3.63) is 28.8 Å². The molecule has 4 bridgehead atoms. The molecule has 1 aromatic carbocycles. The van der Waals surface area contributed by atoms with Crippen LogP contribution in [0.25, 0.3) is 0 Å². The van der Waals surface area contributed by atoms with E-state index in [4.69, 9.17) is 11.6 Å². The largest absolute Gasteiger partial charge is 0.393 e. The second-order valence-corrected chi connectivity index (χ2v) is 12.6. The zero-order chi connectivity index (χ0) is 25.0. The molecular formula is C28H39ClN4O3. The molecule has 36 heavy (non-hydrogen) atoms. The summed E-state index contributed by atoms with van der Waals surface area (Å²) in [5.74, 6) is 1.36. The van der Waals surface area contributed by atoms with E-state index in [-0.39, 0.29) is 29.5 Å². The number of benzene rings is 1. The van der Waals surface area contributed by atoms with E-state index in [0.717, 1.165) is 75.3 Å². The smallest absolute Gasteiger partial charge is 0.320 e. The van der Waals surface area contributed by atoms with Gasteiger partial charge in [0, 0.05) is 56.0 Å². The highest BCUT2D eigenvalue weighted by molar-refractivity contribution is 6.30. The molecule has 7 nitrogen and oxygen atoms in total. The Morgan fingerprint density at radius 3 is 2.47 bits per heavy atom. The first-order valence-electron chi connectivity index (χ1n) is 13.9. The zero-order valence-electron chi connectivity index (χ0n) is 21.3. The van der Waals surface area contributed by atoms with Gasteiger partial charge in [0.1, 0.15) is 0 Å². The van der Waals surface area contributed by atoms with Crippen LogP contribution in [0.5, 0.6) is 0 Å². The van der Waals surface area contributed by atoms with Crippen LogP contribution in [0.4, 0.5) is 10.5 Å². The quantitative estimate of drug-likeness (QED) is 0.645. The predicted molar refractivity (Wildman–Crippen MR) is 140 cm³/mol. The lowest BCUT2D eigenvalue weighted by Crippen LogP contribution is -2.61. The molecule has 0 spiro atoms. The van der Waals surface area contributed by atoms with Gasteiger partial charge in [0.15, 0.2) is 0 Å². The molecule has 0 aromatic heterocycles. The molecule has 6 aliphatic rings. The number of aliphatic hydroxyl groups is 1. The van der Waals surface area contributed by atoms with Crippen molar-refractivity contribution >= 4 is 29.2 Å². The van der Waals surface area contributed by atoms with Crippen LogP contribution in [0, 0.1) is 30.1 Å². The topological polar surface area (TPSA) is 76.1 Å². The van der Waals surface area contributed by atoms with Crippen molar-refractivity contribution in [1.29, 1.82) is 0 Å². The summed E-state index contributed by atoms with van der Waals surface area (Å²) in [5, 5.41) is 14.7. The number of nitrogens with zero attached hydrogens (tertiary/aromatic N) is 3. The van der Waals surface area contributed by atoms with Crippen LogP contribution in [0.15, 0.2) is 18.2 Å². The van der Waals surface area contributed by atoms with E-state index in [1.165, 1.54) is 5.56 Å². The molecular weight excluding hydrogens is 476 g/mol. The molecule has 2 unspecified atom stereocenters. The Kier molecular flexibility index (Phi) is 6.35. The van der Waals surface area contributed by atoms with Crippen molar-refractivity contribution < 1.29 is 14.7 Å². The van der Waals surface area contributed by atoms with Crippen molar-refractivity contribution in [2.24, 2.45) is 23.2 Å². The lowest BCUT2D eigenvalue weighted by Gasteiger charge is -2.58. The minimum atomic E-state index is -0.295. The maximum absolute atomic E-state index is 13.6. The Labute approximate surface area is 219 Å². The Bertz CT molecular complexity index is 1010. The molecule has 8 heteroatoms. The summed E-state index contributed by atoms with van der Waals surface area (Å²) >= 11 is 6.22. The van der Waals surface area contributed by atoms with Crippen LogP contribution in [0.3, 0.4) is 0 Å². The summed E-state index contributed by atoms with van der Waals surface area (Å²) in [6.45, 7) is 6.39. The van der Waals surface area contributed by atoms with Gasteiger partial charge in [-0.3, -0.25) is 4.79 Å². The van der Waals surface area contributed by atoms with Gasteiger partial charge >= 0.3 is 6.03 Å². The summed E-state index contributed by atoms with van der Waals surface area (Å²) in [6.07, 6.45) is 6.44. The zero-order valence-corrected chi connectivity index (χ0v) is 22.1. The van der Waals surface area contributed by atoms with Crippen LogP contribution in [0.1, 0.15) is 50.5 Å². The van der Waals surface area contributed by atoms with Crippen molar-refractivity contribution in [1.82, 2.24) is 15.1 Å². The third-order valence-electron chi connectivity index (χ3n) is 9.79. The maximum atomic E-state index is 13.6. The molecule has 2 heterocycles. The molecule has 2 N–H and O–H groups in total. The van der Waals surface area contributed by atoms with Crippen LogP contribution in [-0.4, -0.2) is 78.3 Å². The lowest BCUT2D eigenvalue weighted by atomic mass is 9.48. The number of urea groups is 1. The Morgan fingerprint density at radius 1 is 1.03 bits per heavy atom. The molecule has 3 amide bonds. The van der Waals surface area contributed by atoms with Crippen molar-refractivity contribution in [3.8, 4) is 0 Å². The first-order chi connectivity index (χ1) is 17.3. The summed E-state index contributed by atoms with van der Waals surface area (Å²) in [7, 11) is 0. The molecule has 2 aliphatic heterocycles. The van der Waals surface area contributed by atoms with Gasteiger partial charge in [-0.25, -0.2) is 4.79 Å². The fourth-order valence-electron chi connectivity index (χ4n) is 8.14. The van der Waals surface area contributed by atoms with Gasteiger partial charge in [-0.05, 0) is 87.3 Å². The number of hydrogen-bond acceptors (Lipinski definition) is 4. The maximum Gasteiger partial charge on any atom is 0.320 e. The highest BCUT2D eigenvalue weighted by atomic mass is 35.5. The molecule has 7 rings (SSSR count). The Morgan fingerprint density at radius 2 is 1.75 bits per heavy atom. The summed E-state index contributed by atoms with van der Waals surface area (Å²) < 4.78 is 0. The van der Waals surface area contributed by atoms with Crippen molar-refractivity contribution in [3.63, 3.8) is 0 Å². The number of amides is 3. The number of rotatable bonds is 3. The monoisotopic (exact) mass is 514 g/mol. The molecule has 2 saturated heterocycles. The first-order valence-corrected chi connectivity index (χ1v) is 14.2. The van der Waals surface area contributed by atoms with Gasteiger partial charge < -0.3 is 25.1 Å². The number of anilines is 1. The van der Waals surface area contributed by atoms with Gasteiger partial charge in [0.05, 0.1) is 11.5 Å². The van der Waals surface area contributed by atoms with Gasteiger partial charge in [0.25, 0.3) is 0 Å². The fraction of sp³-hybridized carbons (Fsp3) is 0.714. The number of halogens is 1. The highest BCUT2D eigenvalue weighted by Gasteiger charge is 2.58. The number of likely N-dealkylation sites (tertiary alicyclic amines) is 1. The van der Waals surface area contributed by atoms with Crippen LogP contribution >= 0.6 is 11.6 Å². The van der Waals surface area contributed by atoms with E-state index < -0.39 is 0 Å². The molecule has 196 valence electrons. The summed E-state index contributed by atoms with van der Waals surface area (Å²) in [5.41, 5.74) is 2.05. The average molecular weight is 515 g/mol. The molecule has 0 radical (unpaired) electrons. The second-order valence-electron chi connectivity index (χ2n) is 12.2. The Balaban J connectivity index is 1.04. The molecule has 4 aliphatic carbocycles. The first kappa shape index (κ1) is 24.4. The van der Waals surface area contributed by atoms with Crippen LogP contribution in [-0.2, 0) is 4.79 Å². The van der Waals surface area contributed by atoms with E-state index in [2.05, 4.69) is 17.1 Å². The molecule has 4 saturated carbocycles. The number of piperazine rings is 1. The van der Waals surface area contributed by atoms with E-state index in [0.29, 0.717) is 37.4 Å². The SMILES string of the molecule is Cc1ccc(Cl)cc1N1CCN(C(=O)N2CCC[C@H](NC(=O)C34CC5CC(C3)C(O)C(C5)C4)C2)CC1. The number of nitrogens with one attached hydrogen (secondary N) is 1. The third-order valence-corrected chi connectivity index (χ3v) is 10.0. The Hall–Kier alpha value is -1.99. The average Bonchev–Trinajstić information content (AvgIpc) is 2.88. The number of carbonyl (C=O) groups is 2. The fourth-order valence-corrected chi connectivity index (χ4v) is 8.31. The van der Waals surface area contributed by atoms with Crippen molar-refractivity contribution in [2.45, 2.75) is 64.0 Å².